The summed E-state index contributed by atoms with van der Waals surface area (Å²) in [6.45, 7) is 2.87. The molecule has 0 aliphatic rings. The van der Waals surface area contributed by atoms with Crippen LogP contribution in [0.4, 0.5) is 0 Å². The van der Waals surface area contributed by atoms with Crippen molar-refractivity contribution in [3.8, 4) is 11.5 Å². The van der Waals surface area contributed by atoms with E-state index in [1.54, 1.807) is 0 Å². The number of phenolic OH excluding ortho intramolecular Hbond substituents is 1. The van der Waals surface area contributed by atoms with Gasteiger partial charge in [-0.3, -0.25) is 4.79 Å². The lowest BCUT2D eigenvalue weighted by Gasteiger charge is -2.12. The van der Waals surface area contributed by atoms with Crippen LogP contribution < -0.4 is 4.74 Å². The van der Waals surface area contributed by atoms with E-state index in [2.05, 4.69) is 11.3 Å². The van der Waals surface area contributed by atoms with E-state index in [0.717, 1.165) is 6.08 Å². The minimum atomic E-state index is -1.00. The van der Waals surface area contributed by atoms with Crippen LogP contribution in [0.25, 0.3) is 0 Å². The van der Waals surface area contributed by atoms with Crippen LogP contribution in [0.1, 0.15) is 10.4 Å². The first-order valence-corrected chi connectivity index (χ1v) is 5.45. The Morgan fingerprint density at radius 1 is 1.42 bits per heavy atom. The van der Waals surface area contributed by atoms with Crippen molar-refractivity contribution < 1.29 is 29.3 Å². The van der Waals surface area contributed by atoms with Crippen molar-refractivity contribution in [2.75, 3.05) is 13.2 Å². The van der Waals surface area contributed by atoms with Crippen molar-refractivity contribution in [1.29, 1.82) is 0 Å². The van der Waals surface area contributed by atoms with E-state index in [9.17, 15) is 19.8 Å². The summed E-state index contributed by atoms with van der Waals surface area (Å²) in [4.78, 5) is 21.2. The number of phenols is 1. The highest BCUT2D eigenvalue weighted by molar-refractivity contribution is 5.81. The van der Waals surface area contributed by atoms with E-state index in [1.807, 2.05) is 0 Å². The zero-order valence-electron chi connectivity index (χ0n) is 10.1. The molecule has 0 aliphatic heterocycles. The molecule has 0 aliphatic carbocycles. The first-order valence-electron chi connectivity index (χ1n) is 5.45. The van der Waals surface area contributed by atoms with E-state index in [0.29, 0.717) is 6.29 Å². The van der Waals surface area contributed by atoms with Gasteiger partial charge in [-0.1, -0.05) is 6.58 Å². The normalized spacial score (nSPS) is 11.4. The third-order valence-corrected chi connectivity index (χ3v) is 2.16. The monoisotopic (exact) mass is 266 g/mol. The lowest BCUT2D eigenvalue weighted by Crippen LogP contribution is -2.24. The van der Waals surface area contributed by atoms with Crippen molar-refractivity contribution in [2.45, 2.75) is 6.10 Å². The average Bonchev–Trinajstić information content (AvgIpc) is 2.42. The predicted octanol–water partition coefficient (Wildman–Crippen LogP) is 0.674. The molecule has 1 rings (SSSR count). The highest BCUT2D eigenvalue weighted by Gasteiger charge is 2.09. The molecule has 0 saturated heterocycles. The maximum atomic E-state index is 10.7. The third-order valence-electron chi connectivity index (χ3n) is 2.16. The Labute approximate surface area is 109 Å². The standard InChI is InChI=1S/C13H14O6/c1-2-13(17)19-8-10(15)7-18-11-4-3-9(6-14)12(16)5-11/h2-6,10,15-16H,1,7-8H2. The molecule has 0 heterocycles. The van der Waals surface area contributed by atoms with Crippen molar-refractivity contribution in [1.82, 2.24) is 0 Å². The number of rotatable bonds is 7. The average molecular weight is 266 g/mol. The summed E-state index contributed by atoms with van der Waals surface area (Å²) in [5.41, 5.74) is 0.146. The molecule has 0 bridgehead atoms. The topological polar surface area (TPSA) is 93.1 Å². The van der Waals surface area contributed by atoms with Crippen LogP contribution in [0.15, 0.2) is 30.9 Å². The van der Waals surface area contributed by atoms with Gasteiger partial charge in [0, 0.05) is 12.1 Å². The van der Waals surface area contributed by atoms with Crippen LogP contribution in [-0.2, 0) is 9.53 Å². The molecular formula is C13H14O6. The fourth-order valence-corrected chi connectivity index (χ4v) is 1.19. The first-order chi connectivity index (χ1) is 9.06. The molecule has 0 fully saturated rings. The van der Waals surface area contributed by atoms with Gasteiger partial charge in [0.2, 0.25) is 0 Å². The highest BCUT2D eigenvalue weighted by Crippen LogP contribution is 2.22. The lowest BCUT2D eigenvalue weighted by molar-refractivity contribution is -0.141. The number of hydrogen-bond donors (Lipinski definition) is 2. The Hall–Kier alpha value is -2.34. The van der Waals surface area contributed by atoms with Crippen LogP contribution in [0, 0.1) is 0 Å². The Balaban J connectivity index is 2.43. The fourth-order valence-electron chi connectivity index (χ4n) is 1.19. The quantitative estimate of drug-likeness (QED) is 0.428. The van der Waals surface area contributed by atoms with Gasteiger partial charge in [-0.2, -0.15) is 0 Å². The highest BCUT2D eigenvalue weighted by atomic mass is 16.5. The molecule has 19 heavy (non-hydrogen) atoms. The number of esters is 1. The number of aliphatic hydroxyl groups is 1. The Morgan fingerprint density at radius 3 is 2.74 bits per heavy atom. The van der Waals surface area contributed by atoms with Gasteiger partial charge in [-0.15, -0.1) is 0 Å². The molecular weight excluding hydrogens is 252 g/mol. The van der Waals surface area contributed by atoms with Crippen LogP contribution in [0.2, 0.25) is 0 Å². The molecule has 0 spiro atoms. The number of aliphatic hydroxyl groups excluding tert-OH is 1. The van der Waals surface area contributed by atoms with Gasteiger partial charge in [-0.05, 0) is 12.1 Å². The van der Waals surface area contributed by atoms with Crippen molar-refractivity contribution >= 4 is 12.3 Å². The number of aldehydes is 1. The third kappa shape index (κ3) is 4.81. The SMILES string of the molecule is C=CC(=O)OCC(O)COc1ccc(C=O)c(O)c1. The number of hydrogen-bond acceptors (Lipinski definition) is 6. The Morgan fingerprint density at radius 2 is 2.16 bits per heavy atom. The van der Waals surface area contributed by atoms with Crippen molar-refractivity contribution in [3.05, 3.63) is 36.4 Å². The summed E-state index contributed by atoms with van der Waals surface area (Å²) < 4.78 is 9.79. The molecule has 1 aromatic rings. The van der Waals surface area contributed by atoms with Crippen LogP contribution in [0.5, 0.6) is 11.5 Å². The van der Waals surface area contributed by atoms with Crippen LogP contribution in [-0.4, -0.2) is 41.8 Å². The number of carbonyl (C=O) groups excluding carboxylic acids is 2. The van der Waals surface area contributed by atoms with Gasteiger partial charge in [0.1, 0.15) is 30.8 Å². The zero-order chi connectivity index (χ0) is 14.3. The van der Waals surface area contributed by atoms with Gasteiger partial charge in [0.25, 0.3) is 0 Å². The van der Waals surface area contributed by atoms with Crippen LogP contribution in [0.3, 0.4) is 0 Å². The maximum Gasteiger partial charge on any atom is 0.330 e. The molecule has 0 amide bonds. The van der Waals surface area contributed by atoms with Gasteiger partial charge in [0.15, 0.2) is 6.29 Å². The minimum Gasteiger partial charge on any atom is -0.507 e. The first kappa shape index (κ1) is 14.7. The molecule has 2 N–H and O–H groups in total. The smallest absolute Gasteiger partial charge is 0.330 e. The maximum absolute atomic E-state index is 10.7. The molecule has 0 saturated carbocycles. The van der Waals surface area contributed by atoms with E-state index < -0.39 is 12.1 Å². The van der Waals surface area contributed by atoms with Gasteiger partial charge in [0.05, 0.1) is 5.56 Å². The second-order valence-electron chi connectivity index (χ2n) is 3.64. The second kappa shape index (κ2) is 7.17. The van der Waals surface area contributed by atoms with Crippen molar-refractivity contribution in [2.24, 2.45) is 0 Å². The molecule has 6 nitrogen and oxygen atoms in total. The molecule has 1 atom stereocenters. The number of benzene rings is 1. The van der Waals surface area contributed by atoms with Gasteiger partial charge < -0.3 is 19.7 Å². The second-order valence-corrected chi connectivity index (χ2v) is 3.64. The largest absolute Gasteiger partial charge is 0.507 e. The summed E-state index contributed by atoms with van der Waals surface area (Å²) in [7, 11) is 0. The summed E-state index contributed by atoms with van der Waals surface area (Å²) >= 11 is 0. The molecule has 1 unspecified atom stereocenters. The molecule has 102 valence electrons. The lowest BCUT2D eigenvalue weighted by atomic mass is 10.2. The summed E-state index contributed by atoms with van der Waals surface area (Å²) in [6, 6.07) is 4.12. The Bertz CT molecular complexity index is 468. The van der Waals surface area contributed by atoms with Gasteiger partial charge >= 0.3 is 5.97 Å². The zero-order valence-corrected chi connectivity index (χ0v) is 10.1. The van der Waals surface area contributed by atoms with E-state index in [-0.39, 0.29) is 30.3 Å². The molecule has 0 radical (unpaired) electrons. The predicted molar refractivity (Wildman–Crippen MR) is 66.2 cm³/mol. The van der Waals surface area contributed by atoms with Gasteiger partial charge in [-0.25, -0.2) is 4.79 Å². The number of ether oxygens (including phenoxy) is 2. The number of aromatic hydroxyl groups is 1. The summed E-state index contributed by atoms with van der Waals surface area (Å²) in [5.74, 6) is -0.552. The fraction of sp³-hybridized carbons (Fsp3) is 0.231. The number of carbonyl (C=O) groups is 2. The van der Waals surface area contributed by atoms with E-state index in [1.165, 1.54) is 18.2 Å². The summed E-state index contributed by atoms with van der Waals surface area (Å²) in [5, 5.41) is 18.9. The van der Waals surface area contributed by atoms with E-state index in [4.69, 9.17) is 4.74 Å². The summed E-state index contributed by atoms with van der Waals surface area (Å²) in [6.07, 6.45) is 0.503. The molecule has 0 aromatic heterocycles. The Kier molecular flexibility index (Phi) is 5.56. The molecule has 6 heteroatoms. The minimum absolute atomic E-state index is 0.121. The van der Waals surface area contributed by atoms with Crippen molar-refractivity contribution in [3.63, 3.8) is 0 Å². The van der Waals surface area contributed by atoms with E-state index >= 15 is 0 Å². The molecule has 1 aromatic carbocycles. The van der Waals surface area contributed by atoms with Crippen LogP contribution >= 0.6 is 0 Å².